The van der Waals surface area contributed by atoms with Crippen LogP contribution in [0.15, 0.2) is 42.5 Å². The first-order chi connectivity index (χ1) is 13.2. The number of nitrogens with one attached hydrogen (secondary N) is 1. The van der Waals surface area contributed by atoms with E-state index in [2.05, 4.69) is 5.32 Å². The molecule has 0 fully saturated rings. The summed E-state index contributed by atoms with van der Waals surface area (Å²) in [5.74, 6) is -0.227. The second kappa shape index (κ2) is 7.47. The predicted octanol–water partition coefficient (Wildman–Crippen LogP) is 2.46. The van der Waals surface area contributed by atoms with Gasteiger partial charge in [-0.3, -0.25) is 19.2 Å². The first-order valence-electron chi connectivity index (χ1n) is 8.46. The van der Waals surface area contributed by atoms with Crippen molar-refractivity contribution in [2.75, 3.05) is 22.4 Å². The van der Waals surface area contributed by atoms with Crippen molar-refractivity contribution in [3.8, 4) is 5.75 Å². The Labute approximate surface area is 162 Å². The first kappa shape index (κ1) is 19.6. The molecule has 1 aliphatic rings. The van der Waals surface area contributed by atoms with Crippen LogP contribution in [-0.2, 0) is 14.8 Å². The zero-order valence-corrected chi connectivity index (χ0v) is 16.1. The summed E-state index contributed by atoms with van der Waals surface area (Å²) in [7, 11) is -3.55. The van der Waals surface area contributed by atoms with Gasteiger partial charge in [0.15, 0.2) is 6.10 Å². The lowest BCUT2D eigenvalue weighted by atomic mass is 10.1. The molecule has 1 atom stereocenters. The third-order valence-electron chi connectivity index (χ3n) is 4.45. The topological polar surface area (TPSA) is 119 Å². The van der Waals surface area contributed by atoms with Gasteiger partial charge in [-0.1, -0.05) is 18.2 Å². The third-order valence-corrected chi connectivity index (χ3v) is 5.63. The van der Waals surface area contributed by atoms with Gasteiger partial charge in [0.1, 0.15) is 5.75 Å². The van der Waals surface area contributed by atoms with Gasteiger partial charge >= 0.3 is 0 Å². The normalized spacial score (nSPS) is 16.5. The van der Waals surface area contributed by atoms with E-state index in [1.165, 1.54) is 16.4 Å². The molecular formula is C18H19N3O6S. The molecule has 0 unspecified atom stereocenters. The summed E-state index contributed by atoms with van der Waals surface area (Å²) >= 11 is 0. The monoisotopic (exact) mass is 405 g/mol. The average molecular weight is 405 g/mol. The highest BCUT2D eigenvalue weighted by atomic mass is 32.2. The molecule has 1 aliphatic heterocycles. The highest BCUT2D eigenvalue weighted by Crippen LogP contribution is 2.34. The molecule has 9 nitrogen and oxygen atoms in total. The molecule has 0 radical (unpaired) electrons. The molecule has 0 aromatic heterocycles. The second-order valence-electron chi connectivity index (χ2n) is 6.39. The summed E-state index contributed by atoms with van der Waals surface area (Å²) in [6.45, 7) is 1.62. The molecule has 10 heteroatoms. The van der Waals surface area contributed by atoms with E-state index in [-0.39, 0.29) is 24.4 Å². The minimum absolute atomic E-state index is 0.0713. The van der Waals surface area contributed by atoms with Crippen LogP contribution in [0.5, 0.6) is 5.75 Å². The van der Waals surface area contributed by atoms with Crippen molar-refractivity contribution in [3.05, 3.63) is 58.1 Å². The number of amides is 1. The molecule has 1 N–H and O–H groups in total. The Morgan fingerprint density at radius 1 is 1.25 bits per heavy atom. The SMILES string of the molecule is Cc1c(NC(=O)[C@H]2CCN(S(C)(=O)=O)c3ccccc3O2)cccc1[N+](=O)[O-]. The summed E-state index contributed by atoms with van der Waals surface area (Å²) in [5, 5.41) is 13.7. The number of rotatable bonds is 4. The number of hydrogen-bond acceptors (Lipinski definition) is 6. The zero-order chi connectivity index (χ0) is 20.5. The number of para-hydroxylation sites is 2. The van der Waals surface area contributed by atoms with E-state index in [0.29, 0.717) is 16.9 Å². The Kier molecular flexibility index (Phi) is 5.23. The Morgan fingerprint density at radius 3 is 2.64 bits per heavy atom. The predicted molar refractivity (Wildman–Crippen MR) is 104 cm³/mol. The Hall–Kier alpha value is -3.14. The Morgan fingerprint density at radius 2 is 1.96 bits per heavy atom. The molecule has 28 heavy (non-hydrogen) atoms. The van der Waals surface area contributed by atoms with Crippen LogP contribution in [0.1, 0.15) is 12.0 Å². The molecule has 0 aliphatic carbocycles. The van der Waals surface area contributed by atoms with Crippen LogP contribution in [0, 0.1) is 17.0 Å². The van der Waals surface area contributed by atoms with Crippen molar-refractivity contribution in [2.24, 2.45) is 0 Å². The highest BCUT2D eigenvalue weighted by molar-refractivity contribution is 7.92. The van der Waals surface area contributed by atoms with Crippen LogP contribution in [0.25, 0.3) is 0 Å². The van der Waals surface area contributed by atoms with Gasteiger partial charge in [-0.2, -0.15) is 0 Å². The number of nitrogens with zero attached hydrogens (tertiary/aromatic N) is 2. The lowest BCUT2D eigenvalue weighted by Crippen LogP contribution is -2.36. The first-order valence-corrected chi connectivity index (χ1v) is 10.3. The summed E-state index contributed by atoms with van der Waals surface area (Å²) in [6.07, 6.45) is 0.268. The molecule has 1 heterocycles. The average Bonchev–Trinajstić information content (AvgIpc) is 2.82. The van der Waals surface area contributed by atoms with Crippen molar-refractivity contribution in [1.29, 1.82) is 0 Å². The van der Waals surface area contributed by atoms with E-state index >= 15 is 0 Å². The van der Waals surface area contributed by atoms with Gasteiger partial charge in [-0.15, -0.1) is 0 Å². The standard InChI is InChI=1S/C18H19N3O6S/c1-12-13(6-5-8-14(12)21(23)24)19-18(22)17-10-11-20(28(2,25)26)15-7-3-4-9-16(15)27-17/h3-9,17H,10-11H2,1-2H3,(H,19,22)/t17-/m1/s1. The maximum atomic E-state index is 12.7. The van der Waals surface area contributed by atoms with Crippen molar-refractivity contribution in [3.63, 3.8) is 0 Å². The largest absolute Gasteiger partial charge is 0.478 e. The van der Waals surface area contributed by atoms with Gasteiger partial charge in [0.05, 0.1) is 28.1 Å². The maximum Gasteiger partial charge on any atom is 0.274 e. The fourth-order valence-electron chi connectivity index (χ4n) is 3.03. The summed E-state index contributed by atoms with van der Waals surface area (Å²) in [4.78, 5) is 23.3. The van der Waals surface area contributed by atoms with E-state index in [0.717, 1.165) is 6.26 Å². The van der Waals surface area contributed by atoms with Gasteiger partial charge in [0.25, 0.3) is 11.6 Å². The van der Waals surface area contributed by atoms with Crippen molar-refractivity contribution >= 4 is 33.0 Å². The quantitative estimate of drug-likeness (QED) is 0.616. The smallest absolute Gasteiger partial charge is 0.274 e. The van der Waals surface area contributed by atoms with Gasteiger partial charge in [-0.25, -0.2) is 8.42 Å². The molecular weight excluding hydrogens is 386 g/mol. The van der Waals surface area contributed by atoms with E-state index in [1.807, 2.05) is 0 Å². The molecule has 1 amide bonds. The zero-order valence-electron chi connectivity index (χ0n) is 15.3. The lowest BCUT2D eigenvalue weighted by Gasteiger charge is -2.20. The molecule has 2 aromatic rings. The van der Waals surface area contributed by atoms with Gasteiger partial charge in [0, 0.05) is 19.0 Å². The van der Waals surface area contributed by atoms with E-state index in [1.54, 1.807) is 37.3 Å². The van der Waals surface area contributed by atoms with Crippen LogP contribution >= 0.6 is 0 Å². The number of carbonyl (C=O) groups is 1. The van der Waals surface area contributed by atoms with Crippen LogP contribution in [0.2, 0.25) is 0 Å². The van der Waals surface area contributed by atoms with E-state index in [9.17, 15) is 23.3 Å². The molecule has 2 aromatic carbocycles. The maximum absolute atomic E-state index is 12.7. The minimum atomic E-state index is -3.55. The Bertz CT molecular complexity index is 1040. The molecule has 3 rings (SSSR count). The number of ether oxygens (including phenoxy) is 1. The van der Waals surface area contributed by atoms with Crippen LogP contribution in [0.3, 0.4) is 0 Å². The fourth-order valence-corrected chi connectivity index (χ4v) is 3.97. The number of benzene rings is 2. The second-order valence-corrected chi connectivity index (χ2v) is 8.30. The number of hydrogen-bond donors (Lipinski definition) is 1. The number of anilines is 2. The van der Waals surface area contributed by atoms with Gasteiger partial charge in [0.2, 0.25) is 10.0 Å². The highest BCUT2D eigenvalue weighted by Gasteiger charge is 2.31. The molecule has 0 bridgehead atoms. The number of nitro benzene ring substituents is 1. The summed E-state index contributed by atoms with van der Waals surface area (Å²) < 4.78 is 31.2. The van der Waals surface area contributed by atoms with E-state index < -0.39 is 27.0 Å². The lowest BCUT2D eigenvalue weighted by molar-refractivity contribution is -0.385. The van der Waals surface area contributed by atoms with Crippen molar-refractivity contribution in [2.45, 2.75) is 19.4 Å². The molecule has 148 valence electrons. The number of sulfonamides is 1. The van der Waals surface area contributed by atoms with Crippen molar-refractivity contribution < 1.29 is 22.9 Å². The minimum Gasteiger partial charge on any atom is -0.478 e. The molecule has 0 spiro atoms. The number of fused-ring (bicyclic) bond motifs is 1. The van der Waals surface area contributed by atoms with E-state index in [4.69, 9.17) is 4.74 Å². The Balaban J connectivity index is 1.87. The van der Waals surface area contributed by atoms with Crippen LogP contribution < -0.4 is 14.4 Å². The van der Waals surface area contributed by atoms with Crippen LogP contribution in [-0.4, -0.2) is 38.2 Å². The van der Waals surface area contributed by atoms with Crippen molar-refractivity contribution in [1.82, 2.24) is 0 Å². The molecule has 0 saturated heterocycles. The summed E-state index contributed by atoms with van der Waals surface area (Å²) in [6, 6.07) is 11.0. The number of carbonyl (C=O) groups excluding carboxylic acids is 1. The van der Waals surface area contributed by atoms with Crippen LogP contribution in [0.4, 0.5) is 17.1 Å². The number of nitro groups is 1. The summed E-state index contributed by atoms with van der Waals surface area (Å²) in [5.41, 5.74) is 0.896. The van der Waals surface area contributed by atoms with Gasteiger partial charge < -0.3 is 10.1 Å². The fraction of sp³-hybridized carbons (Fsp3) is 0.278. The third kappa shape index (κ3) is 3.91. The molecule has 0 saturated carbocycles. The van der Waals surface area contributed by atoms with Gasteiger partial charge in [-0.05, 0) is 25.1 Å².